The Balaban J connectivity index is 1.27. The number of halogens is 2. The highest BCUT2D eigenvalue weighted by molar-refractivity contribution is 6.35. The molecule has 1 fully saturated rings. The van der Waals surface area contributed by atoms with Gasteiger partial charge in [0.05, 0.1) is 5.02 Å². The Bertz CT molecular complexity index is 1190. The van der Waals surface area contributed by atoms with Gasteiger partial charge in [0.15, 0.2) is 0 Å². The number of benzene rings is 3. The van der Waals surface area contributed by atoms with Gasteiger partial charge in [-0.05, 0) is 104 Å². The Labute approximate surface area is 224 Å². The normalized spacial score (nSPS) is 14.7. The van der Waals surface area contributed by atoms with Crippen molar-refractivity contribution in [3.8, 4) is 11.5 Å². The first-order valence-corrected chi connectivity index (χ1v) is 13.4. The molecule has 36 heavy (non-hydrogen) atoms. The summed E-state index contributed by atoms with van der Waals surface area (Å²) >= 11 is 12.2. The number of nitrogens with zero attached hydrogens (tertiary/aromatic N) is 1. The third-order valence-corrected chi connectivity index (χ3v) is 7.39. The molecule has 4 rings (SSSR count). The lowest BCUT2D eigenvalue weighted by Crippen LogP contribution is -2.34. The average molecular weight is 526 g/mol. The van der Waals surface area contributed by atoms with Crippen LogP contribution in [0, 0.1) is 12.8 Å². The fraction of sp³-hybridized carbons (Fsp3) is 0.367. The Hall–Kier alpha value is -2.53. The second-order valence-corrected chi connectivity index (χ2v) is 10.7. The van der Waals surface area contributed by atoms with Gasteiger partial charge in [0.1, 0.15) is 11.5 Å². The summed E-state index contributed by atoms with van der Waals surface area (Å²) in [5, 5.41) is 4.13. The van der Waals surface area contributed by atoms with E-state index in [-0.39, 0.29) is 11.8 Å². The minimum atomic E-state index is -0.0244. The molecule has 1 saturated heterocycles. The maximum Gasteiger partial charge on any atom is 0.226 e. The van der Waals surface area contributed by atoms with Crippen LogP contribution in [0.3, 0.4) is 0 Å². The fourth-order valence-electron chi connectivity index (χ4n) is 4.61. The van der Waals surface area contributed by atoms with Crippen LogP contribution in [0.4, 0.5) is 5.69 Å². The van der Waals surface area contributed by atoms with Gasteiger partial charge < -0.3 is 15.0 Å². The molecule has 0 spiro atoms. The molecule has 6 heteroatoms. The third-order valence-electron chi connectivity index (χ3n) is 6.86. The summed E-state index contributed by atoms with van der Waals surface area (Å²) in [4.78, 5) is 14.7. The lowest BCUT2D eigenvalue weighted by molar-refractivity contribution is -0.118. The monoisotopic (exact) mass is 524 g/mol. The Morgan fingerprint density at radius 1 is 1.03 bits per heavy atom. The molecule has 0 atom stereocenters. The first-order chi connectivity index (χ1) is 17.3. The van der Waals surface area contributed by atoms with Gasteiger partial charge in [-0.25, -0.2) is 0 Å². The number of aryl methyl sites for hydroxylation is 1. The number of carbonyl (C=O) groups excluding carboxylic acids is 1. The van der Waals surface area contributed by atoms with E-state index < -0.39 is 0 Å². The zero-order chi connectivity index (χ0) is 25.7. The predicted octanol–water partition coefficient (Wildman–Crippen LogP) is 8.11. The number of anilines is 1. The fourth-order valence-corrected chi connectivity index (χ4v) is 5.06. The molecule has 3 aromatic rings. The number of carbonyl (C=O) groups is 1. The Morgan fingerprint density at radius 3 is 2.42 bits per heavy atom. The van der Waals surface area contributed by atoms with Crippen molar-refractivity contribution >= 4 is 34.8 Å². The maximum absolute atomic E-state index is 12.1. The van der Waals surface area contributed by atoms with E-state index in [4.69, 9.17) is 27.9 Å². The van der Waals surface area contributed by atoms with Crippen LogP contribution in [-0.4, -0.2) is 30.4 Å². The van der Waals surface area contributed by atoms with Crippen LogP contribution >= 0.6 is 23.2 Å². The van der Waals surface area contributed by atoms with Gasteiger partial charge >= 0.3 is 0 Å². The standard InChI is InChI=1S/C30H34Cl2N2O2/c1-20(2)30(35)33-25-8-4-21(3)27(19-25)23-13-16-34(17-14-23)15-12-22-5-9-26(10-6-22)36-29-11-7-24(31)18-28(29)32/h4-11,18-20,23H,12-17H2,1-3H3,(H,33,35). The molecule has 0 radical (unpaired) electrons. The quantitative estimate of drug-likeness (QED) is 0.323. The van der Waals surface area contributed by atoms with Crippen LogP contribution in [0.15, 0.2) is 60.7 Å². The molecule has 190 valence electrons. The highest BCUT2D eigenvalue weighted by Gasteiger charge is 2.22. The second-order valence-electron chi connectivity index (χ2n) is 9.90. The van der Waals surface area contributed by atoms with E-state index in [2.05, 4.69) is 41.4 Å². The first kappa shape index (κ1) is 26.5. The molecule has 0 saturated carbocycles. The molecule has 1 heterocycles. The molecular weight excluding hydrogens is 491 g/mol. The highest BCUT2D eigenvalue weighted by Crippen LogP contribution is 2.33. The van der Waals surface area contributed by atoms with Crippen LogP contribution in [0.5, 0.6) is 11.5 Å². The van der Waals surface area contributed by atoms with Crippen molar-refractivity contribution < 1.29 is 9.53 Å². The summed E-state index contributed by atoms with van der Waals surface area (Å²) in [6.45, 7) is 9.22. The molecule has 4 nitrogen and oxygen atoms in total. The largest absolute Gasteiger partial charge is 0.456 e. The minimum Gasteiger partial charge on any atom is -0.456 e. The maximum atomic E-state index is 12.1. The number of amides is 1. The van der Waals surface area contributed by atoms with Gasteiger partial charge in [0.25, 0.3) is 0 Å². The zero-order valence-electron chi connectivity index (χ0n) is 21.2. The molecule has 3 aromatic carbocycles. The van der Waals surface area contributed by atoms with Gasteiger partial charge in [-0.15, -0.1) is 0 Å². The van der Waals surface area contributed by atoms with Gasteiger partial charge in [-0.2, -0.15) is 0 Å². The van der Waals surface area contributed by atoms with Crippen molar-refractivity contribution in [2.24, 2.45) is 5.92 Å². The summed E-state index contributed by atoms with van der Waals surface area (Å²) in [5.74, 6) is 1.93. The van der Waals surface area contributed by atoms with E-state index >= 15 is 0 Å². The lowest BCUT2D eigenvalue weighted by atomic mass is 9.86. The Morgan fingerprint density at radius 2 is 1.75 bits per heavy atom. The van der Waals surface area contributed by atoms with E-state index in [0.29, 0.717) is 21.7 Å². The van der Waals surface area contributed by atoms with E-state index in [0.717, 1.165) is 50.3 Å². The Kier molecular flexibility index (Phi) is 8.95. The molecule has 0 unspecified atom stereocenters. The number of likely N-dealkylation sites (tertiary alicyclic amines) is 1. The average Bonchev–Trinajstić information content (AvgIpc) is 2.87. The summed E-state index contributed by atoms with van der Waals surface area (Å²) in [5.41, 5.74) is 4.87. The molecule has 1 aliphatic heterocycles. The zero-order valence-corrected chi connectivity index (χ0v) is 22.7. The summed E-state index contributed by atoms with van der Waals surface area (Å²) in [6, 6.07) is 19.7. The van der Waals surface area contributed by atoms with Crippen molar-refractivity contribution in [2.45, 2.75) is 46.0 Å². The highest BCUT2D eigenvalue weighted by atomic mass is 35.5. The molecule has 1 N–H and O–H groups in total. The van der Waals surface area contributed by atoms with Crippen LogP contribution in [0.2, 0.25) is 10.0 Å². The van der Waals surface area contributed by atoms with E-state index in [1.165, 1.54) is 16.7 Å². The van der Waals surface area contributed by atoms with Crippen molar-refractivity contribution in [3.63, 3.8) is 0 Å². The van der Waals surface area contributed by atoms with E-state index in [9.17, 15) is 4.79 Å². The molecule has 0 aromatic heterocycles. The first-order valence-electron chi connectivity index (χ1n) is 12.6. The van der Waals surface area contributed by atoms with Gasteiger partial charge in [0, 0.05) is 23.2 Å². The van der Waals surface area contributed by atoms with Crippen molar-refractivity contribution in [2.75, 3.05) is 25.0 Å². The van der Waals surface area contributed by atoms with Gasteiger partial charge in [0.2, 0.25) is 5.91 Å². The number of piperidine rings is 1. The van der Waals surface area contributed by atoms with Crippen molar-refractivity contribution in [1.29, 1.82) is 0 Å². The SMILES string of the molecule is Cc1ccc(NC(=O)C(C)C)cc1C1CCN(CCc2ccc(Oc3ccc(Cl)cc3Cl)cc2)CC1. The van der Waals surface area contributed by atoms with Crippen molar-refractivity contribution in [3.05, 3.63) is 87.4 Å². The lowest BCUT2D eigenvalue weighted by Gasteiger charge is -2.33. The molecule has 0 bridgehead atoms. The topological polar surface area (TPSA) is 41.6 Å². The summed E-state index contributed by atoms with van der Waals surface area (Å²) in [7, 11) is 0. The number of rotatable bonds is 8. The van der Waals surface area contributed by atoms with E-state index in [1.807, 2.05) is 32.0 Å². The van der Waals surface area contributed by atoms with Crippen molar-refractivity contribution in [1.82, 2.24) is 4.90 Å². The second kappa shape index (κ2) is 12.1. The molecule has 1 amide bonds. The summed E-state index contributed by atoms with van der Waals surface area (Å²) in [6.07, 6.45) is 3.27. The molecule has 1 aliphatic rings. The van der Waals surface area contributed by atoms with Crippen LogP contribution in [0.1, 0.15) is 49.3 Å². The van der Waals surface area contributed by atoms with Gasteiger partial charge in [-0.3, -0.25) is 4.79 Å². The van der Waals surface area contributed by atoms with Crippen LogP contribution in [0.25, 0.3) is 0 Å². The third kappa shape index (κ3) is 7.03. The van der Waals surface area contributed by atoms with Gasteiger partial charge in [-0.1, -0.05) is 55.2 Å². The predicted molar refractivity (Wildman–Crippen MR) is 150 cm³/mol. The van der Waals surface area contributed by atoms with Crippen LogP contribution < -0.4 is 10.1 Å². The van der Waals surface area contributed by atoms with E-state index in [1.54, 1.807) is 18.2 Å². The summed E-state index contributed by atoms with van der Waals surface area (Å²) < 4.78 is 5.89. The number of ether oxygens (including phenoxy) is 1. The number of hydrogen-bond donors (Lipinski definition) is 1. The molecular formula is C30H34Cl2N2O2. The molecule has 0 aliphatic carbocycles. The number of nitrogens with one attached hydrogen (secondary N) is 1. The number of hydrogen-bond acceptors (Lipinski definition) is 3. The minimum absolute atomic E-state index is 0.0244. The smallest absolute Gasteiger partial charge is 0.226 e. The van der Waals surface area contributed by atoms with Crippen LogP contribution in [-0.2, 0) is 11.2 Å².